The van der Waals surface area contributed by atoms with Crippen molar-refractivity contribution in [1.82, 2.24) is 4.31 Å². The summed E-state index contributed by atoms with van der Waals surface area (Å²) in [6, 6.07) is 10.8. The number of hydrogen-bond donors (Lipinski definition) is 1. The van der Waals surface area contributed by atoms with Gasteiger partial charge in [-0.25, -0.2) is 25.9 Å². The Morgan fingerprint density at radius 2 is 1.46 bits per heavy atom. The Bertz CT molecular complexity index is 1010. The van der Waals surface area contributed by atoms with Gasteiger partial charge in [0.1, 0.15) is 0 Å². The zero-order valence-corrected chi connectivity index (χ0v) is 16.0. The average molecular weight is 398 g/mol. The molecule has 0 aliphatic rings. The highest BCUT2D eigenvalue weighted by atomic mass is 32.2. The quantitative estimate of drug-likeness (QED) is 0.739. The molecule has 0 aromatic heterocycles. The fraction of sp³-hybridized carbons (Fsp3) is 0.188. The molecule has 10 heteroatoms. The highest BCUT2D eigenvalue weighted by Gasteiger charge is 2.21. The highest BCUT2D eigenvalue weighted by Crippen LogP contribution is 2.22. The maximum absolute atomic E-state index is 12.5. The van der Waals surface area contributed by atoms with Crippen molar-refractivity contribution in [2.75, 3.05) is 25.9 Å². The van der Waals surface area contributed by atoms with Gasteiger partial charge in [0.2, 0.25) is 10.0 Å². The second kappa shape index (κ2) is 7.44. The fourth-order valence-electron chi connectivity index (χ4n) is 2.07. The average Bonchev–Trinajstić information content (AvgIpc) is 2.61. The van der Waals surface area contributed by atoms with Crippen LogP contribution in [-0.2, 0) is 24.8 Å². The first-order valence-electron chi connectivity index (χ1n) is 7.32. The van der Waals surface area contributed by atoms with Crippen LogP contribution in [0.15, 0.2) is 58.3 Å². The summed E-state index contributed by atoms with van der Waals surface area (Å²) in [6.45, 7) is 0. The normalized spacial score (nSPS) is 12.0. The molecule has 26 heavy (non-hydrogen) atoms. The van der Waals surface area contributed by atoms with Crippen LogP contribution in [-0.4, -0.2) is 48.3 Å². The van der Waals surface area contributed by atoms with Crippen molar-refractivity contribution >= 4 is 31.7 Å². The van der Waals surface area contributed by atoms with Gasteiger partial charge in [0.25, 0.3) is 10.0 Å². The number of hydrogen-bond acceptors (Lipinski definition) is 6. The molecule has 0 atom stereocenters. The minimum absolute atomic E-state index is 0.0311. The zero-order valence-electron chi connectivity index (χ0n) is 14.3. The minimum atomic E-state index is -4.03. The summed E-state index contributed by atoms with van der Waals surface area (Å²) in [7, 11) is -3.74. The van der Waals surface area contributed by atoms with Gasteiger partial charge in [0.15, 0.2) is 0 Å². The Morgan fingerprint density at radius 1 is 0.923 bits per heavy atom. The van der Waals surface area contributed by atoms with Gasteiger partial charge in [0.05, 0.1) is 28.2 Å². The summed E-state index contributed by atoms with van der Waals surface area (Å²) in [4.78, 5) is 11.6. The SMILES string of the molecule is COC(=O)c1ccccc1NS(=O)(=O)c1ccc(S(=O)(=O)N(C)C)cc1. The van der Waals surface area contributed by atoms with Gasteiger partial charge >= 0.3 is 5.97 Å². The van der Waals surface area contributed by atoms with Crippen LogP contribution >= 0.6 is 0 Å². The number of carbonyl (C=O) groups excluding carboxylic acids is 1. The molecule has 0 amide bonds. The first kappa shape index (κ1) is 19.9. The molecule has 0 unspecified atom stereocenters. The standard InChI is InChI=1S/C16H18N2O6S2/c1-18(2)26(22,23)13-10-8-12(9-11-13)25(20,21)17-15-7-5-4-6-14(15)16(19)24-3/h4-11,17H,1-3H3. The number of nitrogens with zero attached hydrogens (tertiary/aromatic N) is 1. The Hall–Kier alpha value is -2.43. The molecular formula is C16H18N2O6S2. The van der Waals surface area contributed by atoms with Gasteiger partial charge in [0, 0.05) is 14.1 Å². The molecule has 0 heterocycles. The van der Waals surface area contributed by atoms with E-state index in [1.165, 1.54) is 57.6 Å². The lowest BCUT2D eigenvalue weighted by Crippen LogP contribution is -2.22. The number of carbonyl (C=O) groups is 1. The molecule has 140 valence electrons. The number of nitrogens with one attached hydrogen (secondary N) is 1. The number of methoxy groups -OCH3 is 1. The Kier molecular flexibility index (Phi) is 5.69. The predicted octanol–water partition coefficient (Wildman–Crippen LogP) is 1.52. The van der Waals surface area contributed by atoms with Crippen LogP contribution in [0.2, 0.25) is 0 Å². The van der Waals surface area contributed by atoms with Crippen LogP contribution in [0.4, 0.5) is 5.69 Å². The minimum Gasteiger partial charge on any atom is -0.465 e. The molecule has 8 nitrogen and oxygen atoms in total. The van der Waals surface area contributed by atoms with Crippen LogP contribution in [0.25, 0.3) is 0 Å². The summed E-state index contributed by atoms with van der Waals surface area (Å²) in [5, 5.41) is 0. The zero-order chi connectivity index (χ0) is 19.5. The molecule has 1 N–H and O–H groups in total. The van der Waals surface area contributed by atoms with Crippen molar-refractivity contribution in [3.8, 4) is 0 Å². The first-order valence-corrected chi connectivity index (χ1v) is 10.2. The summed E-state index contributed by atoms with van der Waals surface area (Å²) >= 11 is 0. The third-order valence-electron chi connectivity index (χ3n) is 3.49. The van der Waals surface area contributed by atoms with Gasteiger partial charge in [-0.3, -0.25) is 4.72 Å². The number of ether oxygens (including phenoxy) is 1. The van der Waals surface area contributed by atoms with Crippen LogP contribution < -0.4 is 4.72 Å². The number of esters is 1. The monoisotopic (exact) mass is 398 g/mol. The summed E-state index contributed by atoms with van der Waals surface area (Å²) in [5.41, 5.74) is 0.120. The van der Waals surface area contributed by atoms with E-state index in [9.17, 15) is 21.6 Å². The van der Waals surface area contributed by atoms with Crippen molar-refractivity contribution in [3.05, 3.63) is 54.1 Å². The van der Waals surface area contributed by atoms with E-state index in [1.807, 2.05) is 0 Å². The summed E-state index contributed by atoms with van der Waals surface area (Å²) in [6.07, 6.45) is 0. The second-order valence-corrected chi connectivity index (χ2v) is 9.24. The van der Waals surface area contributed by atoms with Gasteiger partial charge < -0.3 is 4.74 Å². The van der Waals surface area contributed by atoms with E-state index >= 15 is 0 Å². The molecule has 0 aliphatic heterocycles. The lowest BCUT2D eigenvalue weighted by Gasteiger charge is -2.13. The maximum Gasteiger partial charge on any atom is 0.339 e. The number of sulfonamides is 2. The number of benzene rings is 2. The summed E-state index contributed by atoms with van der Waals surface area (Å²) in [5.74, 6) is -0.685. The molecule has 2 aromatic carbocycles. The smallest absolute Gasteiger partial charge is 0.339 e. The molecule has 0 saturated carbocycles. The molecule has 0 bridgehead atoms. The molecule has 0 spiro atoms. The third kappa shape index (κ3) is 4.03. The van der Waals surface area contributed by atoms with Crippen molar-refractivity contribution in [3.63, 3.8) is 0 Å². The number of para-hydroxylation sites is 1. The van der Waals surface area contributed by atoms with E-state index in [0.29, 0.717) is 0 Å². The Balaban J connectivity index is 2.37. The van der Waals surface area contributed by atoms with Crippen LogP contribution in [0.5, 0.6) is 0 Å². The predicted molar refractivity (Wildman–Crippen MR) is 95.9 cm³/mol. The lowest BCUT2D eigenvalue weighted by molar-refractivity contribution is 0.0602. The van der Waals surface area contributed by atoms with Crippen LogP contribution in [0.1, 0.15) is 10.4 Å². The van der Waals surface area contributed by atoms with E-state index in [0.717, 1.165) is 4.31 Å². The molecule has 0 radical (unpaired) electrons. The van der Waals surface area contributed by atoms with Gasteiger partial charge in [-0.15, -0.1) is 0 Å². The lowest BCUT2D eigenvalue weighted by atomic mass is 10.2. The third-order valence-corrected chi connectivity index (χ3v) is 6.70. The largest absolute Gasteiger partial charge is 0.465 e. The molecule has 0 fully saturated rings. The van der Waals surface area contributed by atoms with Crippen molar-refractivity contribution in [2.24, 2.45) is 0 Å². The van der Waals surface area contributed by atoms with Gasteiger partial charge in [-0.05, 0) is 36.4 Å². The van der Waals surface area contributed by atoms with E-state index in [4.69, 9.17) is 0 Å². The van der Waals surface area contributed by atoms with Crippen molar-refractivity contribution in [1.29, 1.82) is 0 Å². The second-order valence-electron chi connectivity index (χ2n) is 5.40. The molecule has 2 rings (SSSR count). The maximum atomic E-state index is 12.5. The molecule has 2 aromatic rings. The fourth-order valence-corrected chi connectivity index (χ4v) is 4.05. The van der Waals surface area contributed by atoms with Crippen LogP contribution in [0, 0.1) is 0 Å². The number of anilines is 1. The molecule has 0 saturated heterocycles. The Morgan fingerprint density at radius 3 is 2.00 bits per heavy atom. The van der Waals surface area contributed by atoms with Crippen molar-refractivity contribution in [2.45, 2.75) is 9.79 Å². The molecule has 0 aliphatic carbocycles. The van der Waals surface area contributed by atoms with E-state index in [1.54, 1.807) is 12.1 Å². The van der Waals surface area contributed by atoms with Gasteiger partial charge in [-0.2, -0.15) is 0 Å². The van der Waals surface area contributed by atoms with E-state index < -0.39 is 26.0 Å². The number of rotatable bonds is 6. The summed E-state index contributed by atoms with van der Waals surface area (Å²) < 4.78 is 57.1. The van der Waals surface area contributed by atoms with E-state index in [-0.39, 0.29) is 21.0 Å². The first-order chi connectivity index (χ1) is 12.1. The van der Waals surface area contributed by atoms with E-state index in [2.05, 4.69) is 9.46 Å². The van der Waals surface area contributed by atoms with Crippen molar-refractivity contribution < 1.29 is 26.4 Å². The molecular weight excluding hydrogens is 380 g/mol. The highest BCUT2D eigenvalue weighted by molar-refractivity contribution is 7.92. The van der Waals surface area contributed by atoms with Gasteiger partial charge in [-0.1, -0.05) is 12.1 Å². The van der Waals surface area contributed by atoms with Crippen LogP contribution in [0.3, 0.4) is 0 Å². The topological polar surface area (TPSA) is 110 Å². The Labute approximate surface area is 152 Å².